The average molecular weight is 242 g/mol. The molecular weight excluding hydrogens is 212 g/mol. The second-order valence-corrected chi connectivity index (χ2v) is 4.99. The zero-order chi connectivity index (χ0) is 12.9. The molecule has 0 aromatic carbocycles. The van der Waals surface area contributed by atoms with Crippen molar-refractivity contribution in [3.63, 3.8) is 0 Å². The Morgan fingerprint density at radius 2 is 1.53 bits per heavy atom. The Bertz CT molecular complexity index is 178. The number of aliphatic hydroxyl groups is 1. The lowest BCUT2D eigenvalue weighted by molar-refractivity contribution is -0.118. The zero-order valence-electron chi connectivity index (χ0n) is 11.7. The van der Waals surface area contributed by atoms with E-state index in [1.54, 1.807) is 0 Å². The standard InChI is InChI=1S/C15H30O2/c1-3-5-6-8-12-15(17)13-10-7-9-11-14(16)4-2/h15,17H,3-13H2,1-2H3/t15-/m0/s1. The van der Waals surface area contributed by atoms with Gasteiger partial charge in [0.15, 0.2) is 0 Å². The molecule has 0 saturated heterocycles. The van der Waals surface area contributed by atoms with Crippen molar-refractivity contribution in [2.45, 2.75) is 90.6 Å². The first-order valence-electron chi connectivity index (χ1n) is 7.40. The molecule has 0 aromatic heterocycles. The van der Waals surface area contributed by atoms with Crippen molar-refractivity contribution in [3.05, 3.63) is 0 Å². The highest BCUT2D eigenvalue weighted by molar-refractivity contribution is 5.77. The van der Waals surface area contributed by atoms with Crippen molar-refractivity contribution in [2.24, 2.45) is 0 Å². The average Bonchev–Trinajstić information content (AvgIpc) is 2.34. The molecule has 1 atom stereocenters. The number of Topliss-reactive ketones (excluding diaryl/α,β-unsaturated/α-hetero) is 1. The van der Waals surface area contributed by atoms with Crippen LogP contribution in [0, 0.1) is 0 Å². The number of hydrogen-bond acceptors (Lipinski definition) is 2. The smallest absolute Gasteiger partial charge is 0.132 e. The summed E-state index contributed by atoms with van der Waals surface area (Å²) in [7, 11) is 0. The van der Waals surface area contributed by atoms with E-state index in [0.717, 1.165) is 44.9 Å². The molecule has 1 N–H and O–H groups in total. The van der Waals surface area contributed by atoms with Crippen molar-refractivity contribution >= 4 is 5.78 Å². The molecule has 0 amide bonds. The van der Waals surface area contributed by atoms with Crippen LogP contribution in [0.2, 0.25) is 0 Å². The number of carbonyl (C=O) groups excluding carboxylic acids is 1. The Hall–Kier alpha value is -0.370. The SMILES string of the molecule is CCCCCC[C@H](O)CCCCCC(=O)CC. The molecule has 17 heavy (non-hydrogen) atoms. The second kappa shape index (κ2) is 12.1. The van der Waals surface area contributed by atoms with Gasteiger partial charge in [-0.3, -0.25) is 4.79 Å². The molecule has 0 aliphatic carbocycles. The summed E-state index contributed by atoms with van der Waals surface area (Å²) < 4.78 is 0. The van der Waals surface area contributed by atoms with Crippen molar-refractivity contribution in [1.29, 1.82) is 0 Å². The summed E-state index contributed by atoms with van der Waals surface area (Å²) in [6.45, 7) is 4.12. The van der Waals surface area contributed by atoms with E-state index in [2.05, 4.69) is 6.92 Å². The van der Waals surface area contributed by atoms with Crippen LogP contribution >= 0.6 is 0 Å². The summed E-state index contributed by atoms with van der Waals surface area (Å²) in [4.78, 5) is 11.1. The third-order valence-electron chi connectivity index (χ3n) is 3.28. The van der Waals surface area contributed by atoms with E-state index < -0.39 is 0 Å². The van der Waals surface area contributed by atoms with E-state index in [0.29, 0.717) is 12.2 Å². The van der Waals surface area contributed by atoms with Gasteiger partial charge >= 0.3 is 0 Å². The second-order valence-electron chi connectivity index (χ2n) is 4.99. The first-order valence-corrected chi connectivity index (χ1v) is 7.40. The summed E-state index contributed by atoms with van der Waals surface area (Å²) in [5.74, 6) is 0.366. The quantitative estimate of drug-likeness (QED) is 0.519. The number of hydrogen-bond donors (Lipinski definition) is 1. The van der Waals surface area contributed by atoms with E-state index in [4.69, 9.17) is 0 Å². The van der Waals surface area contributed by atoms with Gasteiger partial charge in [0.05, 0.1) is 6.10 Å². The van der Waals surface area contributed by atoms with Crippen molar-refractivity contribution in [3.8, 4) is 0 Å². The summed E-state index contributed by atoms with van der Waals surface area (Å²) in [5.41, 5.74) is 0. The van der Waals surface area contributed by atoms with Gasteiger partial charge in [-0.15, -0.1) is 0 Å². The largest absolute Gasteiger partial charge is 0.393 e. The van der Waals surface area contributed by atoms with Crippen LogP contribution in [0.15, 0.2) is 0 Å². The summed E-state index contributed by atoms with van der Waals surface area (Å²) in [6, 6.07) is 0. The molecule has 0 aliphatic heterocycles. The Morgan fingerprint density at radius 3 is 2.06 bits per heavy atom. The Kier molecular flexibility index (Phi) is 11.8. The number of unbranched alkanes of at least 4 members (excludes halogenated alkanes) is 5. The van der Waals surface area contributed by atoms with Crippen LogP contribution in [0.1, 0.15) is 84.5 Å². The maximum absolute atomic E-state index is 11.1. The third kappa shape index (κ3) is 11.9. The van der Waals surface area contributed by atoms with Crippen LogP contribution in [0.3, 0.4) is 0 Å². The van der Waals surface area contributed by atoms with Crippen LogP contribution in [-0.2, 0) is 4.79 Å². The van der Waals surface area contributed by atoms with Gasteiger partial charge in [-0.05, 0) is 19.3 Å². The lowest BCUT2D eigenvalue weighted by atomic mass is 10.0. The van der Waals surface area contributed by atoms with Gasteiger partial charge in [-0.2, -0.15) is 0 Å². The predicted octanol–water partition coefficient (Wildman–Crippen LogP) is 4.25. The highest BCUT2D eigenvalue weighted by atomic mass is 16.3. The highest BCUT2D eigenvalue weighted by Crippen LogP contribution is 2.12. The van der Waals surface area contributed by atoms with Gasteiger partial charge in [-0.25, -0.2) is 0 Å². The molecule has 0 rings (SSSR count). The molecule has 0 aliphatic rings. The van der Waals surface area contributed by atoms with Crippen LogP contribution in [-0.4, -0.2) is 17.0 Å². The van der Waals surface area contributed by atoms with Gasteiger partial charge in [0.25, 0.3) is 0 Å². The minimum absolute atomic E-state index is 0.117. The normalized spacial score (nSPS) is 12.6. The molecule has 0 fully saturated rings. The van der Waals surface area contributed by atoms with Crippen molar-refractivity contribution in [1.82, 2.24) is 0 Å². The first-order chi connectivity index (χ1) is 8.20. The fraction of sp³-hybridized carbons (Fsp3) is 0.933. The maximum atomic E-state index is 11.1. The topological polar surface area (TPSA) is 37.3 Å². The first kappa shape index (κ1) is 16.6. The molecule has 0 heterocycles. The number of aliphatic hydroxyl groups excluding tert-OH is 1. The Labute approximate surface area is 107 Å². The van der Waals surface area contributed by atoms with E-state index in [-0.39, 0.29) is 6.10 Å². The summed E-state index contributed by atoms with van der Waals surface area (Å²) >= 11 is 0. The van der Waals surface area contributed by atoms with Gasteiger partial charge in [0.1, 0.15) is 5.78 Å². The summed E-state index contributed by atoms with van der Waals surface area (Å²) in [6.07, 6.45) is 11.2. The molecule has 0 radical (unpaired) electrons. The van der Waals surface area contributed by atoms with E-state index in [9.17, 15) is 9.90 Å². The maximum Gasteiger partial charge on any atom is 0.132 e. The van der Waals surface area contributed by atoms with Gasteiger partial charge in [0.2, 0.25) is 0 Å². The van der Waals surface area contributed by atoms with Crippen molar-refractivity contribution < 1.29 is 9.90 Å². The number of rotatable bonds is 12. The van der Waals surface area contributed by atoms with Gasteiger partial charge < -0.3 is 5.11 Å². The lowest BCUT2D eigenvalue weighted by Crippen LogP contribution is -2.06. The van der Waals surface area contributed by atoms with E-state index >= 15 is 0 Å². The molecule has 2 heteroatoms. The molecule has 102 valence electrons. The van der Waals surface area contributed by atoms with Crippen molar-refractivity contribution in [2.75, 3.05) is 0 Å². The fourth-order valence-electron chi connectivity index (χ4n) is 2.01. The fourth-order valence-corrected chi connectivity index (χ4v) is 2.01. The van der Waals surface area contributed by atoms with Gasteiger partial charge in [-0.1, -0.05) is 52.4 Å². The molecule has 2 nitrogen and oxygen atoms in total. The lowest BCUT2D eigenvalue weighted by Gasteiger charge is -2.09. The Balaban J connectivity index is 3.21. The van der Waals surface area contributed by atoms with Crippen LogP contribution in [0.25, 0.3) is 0 Å². The molecule has 0 aromatic rings. The minimum atomic E-state index is -0.117. The molecule has 0 spiro atoms. The predicted molar refractivity (Wildman–Crippen MR) is 73.1 cm³/mol. The number of carbonyl (C=O) groups is 1. The summed E-state index contributed by atoms with van der Waals surface area (Å²) in [5, 5.41) is 9.74. The molecule has 0 bridgehead atoms. The number of ketones is 1. The molecule has 0 saturated carbocycles. The van der Waals surface area contributed by atoms with Crippen LogP contribution in [0.4, 0.5) is 0 Å². The molecular formula is C15H30O2. The van der Waals surface area contributed by atoms with E-state index in [1.807, 2.05) is 6.92 Å². The third-order valence-corrected chi connectivity index (χ3v) is 3.28. The van der Waals surface area contributed by atoms with E-state index in [1.165, 1.54) is 19.3 Å². The monoisotopic (exact) mass is 242 g/mol. The molecule has 0 unspecified atom stereocenters. The minimum Gasteiger partial charge on any atom is -0.393 e. The highest BCUT2D eigenvalue weighted by Gasteiger charge is 2.04. The van der Waals surface area contributed by atoms with Crippen LogP contribution in [0.5, 0.6) is 0 Å². The van der Waals surface area contributed by atoms with Gasteiger partial charge in [0, 0.05) is 12.8 Å². The Morgan fingerprint density at radius 1 is 0.941 bits per heavy atom. The zero-order valence-corrected chi connectivity index (χ0v) is 11.7. The van der Waals surface area contributed by atoms with Crippen LogP contribution < -0.4 is 0 Å².